The van der Waals surface area contributed by atoms with Gasteiger partial charge in [-0.15, -0.1) is 0 Å². The van der Waals surface area contributed by atoms with E-state index >= 15 is 0 Å². The Morgan fingerprint density at radius 2 is 1.71 bits per heavy atom. The van der Waals surface area contributed by atoms with Crippen molar-refractivity contribution in [2.75, 3.05) is 17.7 Å². The smallest absolute Gasteiger partial charge is 0.416 e. The number of methoxy groups -OCH3 is 1. The average molecular weight is 387 g/mol. The summed E-state index contributed by atoms with van der Waals surface area (Å²) < 4.78 is 43.4. The number of aromatic nitrogens is 1. The molecule has 0 saturated carbocycles. The maximum Gasteiger partial charge on any atom is 0.416 e. The fraction of sp³-hybridized carbons (Fsp3) is 0.100. The van der Waals surface area contributed by atoms with Gasteiger partial charge in [-0.3, -0.25) is 4.79 Å². The lowest BCUT2D eigenvalue weighted by molar-refractivity contribution is -0.137. The third-order valence-corrected chi connectivity index (χ3v) is 3.80. The molecule has 0 bridgehead atoms. The SMILES string of the molecule is COc1cccc(NC(=O)c2ccc(Nc3cccc(C(F)(F)F)c3)cn2)c1. The molecule has 3 aromatic rings. The molecule has 2 aromatic carbocycles. The van der Waals surface area contributed by atoms with Gasteiger partial charge in [0.2, 0.25) is 0 Å². The molecule has 28 heavy (non-hydrogen) atoms. The molecule has 0 spiro atoms. The van der Waals surface area contributed by atoms with Crippen LogP contribution in [0.25, 0.3) is 0 Å². The van der Waals surface area contributed by atoms with Crippen LogP contribution in [-0.2, 0) is 6.18 Å². The molecule has 0 fully saturated rings. The molecule has 0 aliphatic rings. The van der Waals surface area contributed by atoms with E-state index in [0.29, 0.717) is 17.1 Å². The number of nitrogens with one attached hydrogen (secondary N) is 2. The van der Waals surface area contributed by atoms with Crippen LogP contribution in [0.3, 0.4) is 0 Å². The van der Waals surface area contributed by atoms with Crippen molar-refractivity contribution in [2.45, 2.75) is 6.18 Å². The van der Waals surface area contributed by atoms with Crippen LogP contribution in [0.5, 0.6) is 5.75 Å². The van der Waals surface area contributed by atoms with Crippen molar-refractivity contribution in [1.29, 1.82) is 0 Å². The van der Waals surface area contributed by atoms with Crippen LogP contribution in [0.4, 0.5) is 30.2 Å². The highest BCUT2D eigenvalue weighted by Gasteiger charge is 2.30. The van der Waals surface area contributed by atoms with Gasteiger partial charge in [-0.1, -0.05) is 12.1 Å². The predicted molar refractivity (Wildman–Crippen MR) is 99.9 cm³/mol. The molecular weight excluding hydrogens is 371 g/mol. The first-order chi connectivity index (χ1) is 13.3. The van der Waals surface area contributed by atoms with Gasteiger partial charge in [-0.25, -0.2) is 4.98 Å². The summed E-state index contributed by atoms with van der Waals surface area (Å²) in [5.41, 5.74) is 0.692. The van der Waals surface area contributed by atoms with Crippen LogP contribution in [0.15, 0.2) is 66.9 Å². The molecule has 0 saturated heterocycles. The minimum absolute atomic E-state index is 0.164. The topological polar surface area (TPSA) is 63.2 Å². The molecule has 1 heterocycles. The Bertz CT molecular complexity index is 973. The van der Waals surface area contributed by atoms with Gasteiger partial charge in [0.15, 0.2) is 0 Å². The van der Waals surface area contributed by atoms with Gasteiger partial charge < -0.3 is 15.4 Å². The second-order valence-corrected chi connectivity index (χ2v) is 5.82. The number of nitrogens with zero attached hydrogens (tertiary/aromatic N) is 1. The number of ether oxygens (including phenoxy) is 1. The van der Waals surface area contributed by atoms with Crippen molar-refractivity contribution in [3.05, 3.63) is 78.1 Å². The van der Waals surface area contributed by atoms with E-state index in [0.717, 1.165) is 12.1 Å². The molecule has 0 aliphatic heterocycles. The zero-order valence-electron chi connectivity index (χ0n) is 14.7. The number of benzene rings is 2. The zero-order valence-corrected chi connectivity index (χ0v) is 14.7. The summed E-state index contributed by atoms with van der Waals surface area (Å²) in [7, 11) is 1.53. The Hall–Kier alpha value is -3.55. The van der Waals surface area contributed by atoms with E-state index < -0.39 is 17.6 Å². The van der Waals surface area contributed by atoms with Crippen LogP contribution >= 0.6 is 0 Å². The molecule has 0 unspecified atom stereocenters. The largest absolute Gasteiger partial charge is 0.497 e. The quantitative estimate of drug-likeness (QED) is 0.639. The van der Waals surface area contributed by atoms with E-state index in [2.05, 4.69) is 15.6 Å². The van der Waals surface area contributed by atoms with Crippen molar-refractivity contribution in [1.82, 2.24) is 4.98 Å². The molecule has 1 aromatic heterocycles. The molecule has 1 amide bonds. The van der Waals surface area contributed by atoms with Crippen molar-refractivity contribution in [3.63, 3.8) is 0 Å². The van der Waals surface area contributed by atoms with Gasteiger partial charge in [-0.05, 0) is 42.5 Å². The third-order valence-electron chi connectivity index (χ3n) is 3.80. The lowest BCUT2D eigenvalue weighted by Gasteiger charge is -2.11. The summed E-state index contributed by atoms with van der Waals surface area (Å²) in [6, 6.07) is 14.7. The van der Waals surface area contributed by atoms with Crippen LogP contribution in [-0.4, -0.2) is 18.0 Å². The van der Waals surface area contributed by atoms with Gasteiger partial charge in [0, 0.05) is 17.4 Å². The Labute approximate surface area is 159 Å². The summed E-state index contributed by atoms with van der Waals surface area (Å²) in [6.07, 6.45) is -3.04. The van der Waals surface area contributed by atoms with Gasteiger partial charge in [0.05, 0.1) is 24.6 Å². The Morgan fingerprint density at radius 1 is 0.964 bits per heavy atom. The first-order valence-electron chi connectivity index (χ1n) is 8.21. The monoisotopic (exact) mass is 387 g/mol. The van der Waals surface area contributed by atoms with E-state index in [1.165, 1.54) is 31.5 Å². The molecule has 0 atom stereocenters. The van der Waals surface area contributed by atoms with Gasteiger partial charge in [-0.2, -0.15) is 13.2 Å². The highest BCUT2D eigenvalue weighted by molar-refractivity contribution is 6.03. The fourth-order valence-corrected chi connectivity index (χ4v) is 2.44. The number of amides is 1. The highest BCUT2D eigenvalue weighted by Crippen LogP contribution is 2.31. The van der Waals surface area contributed by atoms with Gasteiger partial charge in [0.1, 0.15) is 11.4 Å². The lowest BCUT2D eigenvalue weighted by Crippen LogP contribution is -2.13. The maximum atomic E-state index is 12.8. The average Bonchev–Trinajstić information content (AvgIpc) is 2.68. The summed E-state index contributed by atoms with van der Waals surface area (Å²) >= 11 is 0. The molecular formula is C20H16F3N3O2. The van der Waals surface area contributed by atoms with Gasteiger partial charge in [0.25, 0.3) is 5.91 Å². The van der Waals surface area contributed by atoms with E-state index in [-0.39, 0.29) is 11.4 Å². The van der Waals surface area contributed by atoms with Crippen LogP contribution in [0.2, 0.25) is 0 Å². The van der Waals surface area contributed by atoms with Crippen LogP contribution in [0, 0.1) is 0 Å². The van der Waals surface area contributed by atoms with Crippen molar-refractivity contribution in [3.8, 4) is 5.75 Å². The number of alkyl halides is 3. The molecule has 0 aliphatic carbocycles. The standard InChI is InChI=1S/C20H16F3N3O2/c1-28-17-7-3-6-15(11-17)26-19(27)18-9-8-16(12-24-18)25-14-5-2-4-13(10-14)20(21,22)23/h2-12,25H,1H3,(H,26,27). The van der Waals surface area contributed by atoms with E-state index in [9.17, 15) is 18.0 Å². The summed E-state index contributed by atoms with van der Waals surface area (Å²) in [5.74, 6) is 0.185. The van der Waals surface area contributed by atoms with E-state index in [4.69, 9.17) is 4.74 Å². The molecule has 0 radical (unpaired) electrons. The summed E-state index contributed by atoms with van der Waals surface area (Å²) in [5, 5.41) is 5.54. The second kappa shape index (κ2) is 7.99. The number of pyridine rings is 1. The number of anilines is 3. The van der Waals surface area contributed by atoms with Crippen LogP contribution in [0.1, 0.15) is 16.1 Å². The predicted octanol–water partition coefficient (Wildman–Crippen LogP) is 5.10. The van der Waals surface area contributed by atoms with E-state index in [1.807, 2.05) is 0 Å². The molecule has 2 N–H and O–H groups in total. The number of hydrogen-bond acceptors (Lipinski definition) is 4. The van der Waals surface area contributed by atoms with Crippen LogP contribution < -0.4 is 15.4 Å². The van der Waals surface area contributed by atoms with Gasteiger partial charge >= 0.3 is 6.18 Å². The number of hydrogen-bond donors (Lipinski definition) is 2. The summed E-state index contributed by atoms with van der Waals surface area (Å²) in [4.78, 5) is 16.3. The second-order valence-electron chi connectivity index (χ2n) is 5.82. The maximum absolute atomic E-state index is 12.8. The zero-order chi connectivity index (χ0) is 20.1. The molecule has 144 valence electrons. The number of halogens is 3. The number of rotatable bonds is 5. The highest BCUT2D eigenvalue weighted by atomic mass is 19.4. The minimum atomic E-state index is -4.42. The lowest BCUT2D eigenvalue weighted by atomic mass is 10.2. The normalized spacial score (nSPS) is 11.0. The first kappa shape index (κ1) is 19.2. The number of carbonyl (C=O) groups excluding carboxylic acids is 1. The van der Waals surface area contributed by atoms with Crippen molar-refractivity contribution in [2.24, 2.45) is 0 Å². The molecule has 3 rings (SSSR count). The first-order valence-corrected chi connectivity index (χ1v) is 8.21. The third kappa shape index (κ3) is 4.79. The number of carbonyl (C=O) groups is 1. The fourth-order valence-electron chi connectivity index (χ4n) is 2.44. The minimum Gasteiger partial charge on any atom is -0.497 e. The molecule has 8 heteroatoms. The molecule has 5 nitrogen and oxygen atoms in total. The summed E-state index contributed by atoms with van der Waals surface area (Å²) in [6.45, 7) is 0. The van der Waals surface area contributed by atoms with Crippen molar-refractivity contribution < 1.29 is 22.7 Å². The Kier molecular flexibility index (Phi) is 5.49. The van der Waals surface area contributed by atoms with Crippen molar-refractivity contribution >= 4 is 23.0 Å². The Morgan fingerprint density at radius 3 is 2.39 bits per heavy atom. The Balaban J connectivity index is 1.68. The van der Waals surface area contributed by atoms with E-state index in [1.54, 1.807) is 30.3 Å².